The molecule has 0 aliphatic heterocycles. The summed E-state index contributed by atoms with van der Waals surface area (Å²) in [4.78, 5) is 1.19. The molecule has 0 amide bonds. The Balaban J connectivity index is 2.11. The lowest BCUT2D eigenvalue weighted by Crippen LogP contribution is -2.02. The van der Waals surface area contributed by atoms with Gasteiger partial charge < -0.3 is 5.73 Å². The molecule has 82 valence electrons. The molecular formula is C10H12N6. The van der Waals surface area contributed by atoms with E-state index in [9.17, 15) is 0 Å². The maximum atomic E-state index is 5.48. The van der Waals surface area contributed by atoms with Crippen LogP contribution in [0.5, 0.6) is 0 Å². The minimum absolute atomic E-state index is 0.177. The molecule has 1 atom stereocenters. The van der Waals surface area contributed by atoms with Crippen molar-refractivity contribution in [2.45, 2.75) is 12.8 Å². The van der Waals surface area contributed by atoms with E-state index >= 15 is 0 Å². The fourth-order valence-corrected chi connectivity index (χ4v) is 1.28. The Morgan fingerprint density at radius 3 is 2.75 bits per heavy atom. The van der Waals surface area contributed by atoms with E-state index in [-0.39, 0.29) is 11.9 Å². The average molecular weight is 216 g/mol. The van der Waals surface area contributed by atoms with Crippen LogP contribution in [-0.2, 0) is 0 Å². The molecule has 16 heavy (non-hydrogen) atoms. The van der Waals surface area contributed by atoms with Crippen molar-refractivity contribution < 1.29 is 0 Å². The van der Waals surface area contributed by atoms with Crippen LogP contribution in [0.15, 0.2) is 35.4 Å². The molecular weight excluding hydrogens is 204 g/mol. The fraction of sp³-hybridized carbons (Fsp3) is 0.200. The van der Waals surface area contributed by atoms with Crippen LogP contribution in [-0.4, -0.2) is 26.5 Å². The largest absolute Gasteiger partial charge is 0.365 e. The topological polar surface area (TPSA) is 82.0 Å². The van der Waals surface area contributed by atoms with Gasteiger partial charge in [-0.15, -0.1) is 0 Å². The minimum atomic E-state index is 0.177. The van der Waals surface area contributed by atoms with Crippen molar-refractivity contribution in [2.75, 3.05) is 5.73 Å². The first-order valence-electron chi connectivity index (χ1n) is 4.90. The molecule has 1 unspecified atom stereocenters. The first-order chi connectivity index (χ1) is 7.77. The van der Waals surface area contributed by atoms with Crippen LogP contribution >= 0.6 is 0 Å². The molecule has 2 aromatic rings. The SMILES string of the molecule is CC(/C=N\n1nnnc1N)c1ccccc1. The summed E-state index contributed by atoms with van der Waals surface area (Å²) < 4.78 is 0. The van der Waals surface area contributed by atoms with Crippen molar-refractivity contribution in [3.8, 4) is 0 Å². The lowest BCUT2D eigenvalue weighted by Gasteiger charge is -2.04. The third-order valence-corrected chi connectivity index (χ3v) is 2.20. The highest BCUT2D eigenvalue weighted by molar-refractivity contribution is 5.67. The number of nitrogens with two attached hydrogens (primary N) is 1. The lowest BCUT2D eigenvalue weighted by atomic mass is 10.0. The molecule has 1 aromatic carbocycles. The standard InChI is InChI=1S/C10H12N6/c1-8(9-5-3-2-4-6-9)7-12-16-10(11)13-14-15-16/h2-8H,1H3,(H2,11,13,15)/b12-7-. The van der Waals surface area contributed by atoms with E-state index in [4.69, 9.17) is 5.73 Å². The molecule has 0 saturated heterocycles. The maximum absolute atomic E-state index is 5.48. The number of hydrogen-bond acceptors (Lipinski definition) is 5. The molecule has 0 radical (unpaired) electrons. The van der Waals surface area contributed by atoms with Gasteiger partial charge in [0.2, 0.25) is 0 Å². The molecule has 6 heteroatoms. The molecule has 2 N–H and O–H groups in total. The maximum Gasteiger partial charge on any atom is 0.263 e. The van der Waals surface area contributed by atoms with Crippen molar-refractivity contribution in [1.82, 2.24) is 20.3 Å². The highest BCUT2D eigenvalue weighted by atomic mass is 15.7. The number of nitrogen functional groups attached to an aromatic ring is 1. The monoisotopic (exact) mass is 216 g/mol. The number of nitrogens with zero attached hydrogens (tertiary/aromatic N) is 5. The summed E-state index contributed by atoms with van der Waals surface area (Å²) in [6, 6.07) is 10.0. The van der Waals surface area contributed by atoms with E-state index in [0.717, 1.165) is 0 Å². The van der Waals surface area contributed by atoms with Gasteiger partial charge in [0.15, 0.2) is 0 Å². The predicted octanol–water partition coefficient (Wildman–Crippen LogP) is 0.893. The van der Waals surface area contributed by atoms with Crippen molar-refractivity contribution in [3.63, 3.8) is 0 Å². The van der Waals surface area contributed by atoms with Gasteiger partial charge in [-0.1, -0.05) is 47.1 Å². The van der Waals surface area contributed by atoms with E-state index in [1.165, 1.54) is 10.4 Å². The molecule has 0 bridgehead atoms. The van der Waals surface area contributed by atoms with E-state index in [2.05, 4.69) is 20.6 Å². The van der Waals surface area contributed by atoms with Crippen LogP contribution in [0.25, 0.3) is 0 Å². The summed E-state index contributed by atoms with van der Waals surface area (Å²) >= 11 is 0. The molecule has 0 spiro atoms. The Labute approximate surface area is 92.8 Å². The number of rotatable bonds is 3. The summed E-state index contributed by atoms with van der Waals surface area (Å²) in [7, 11) is 0. The van der Waals surface area contributed by atoms with Crippen LogP contribution in [0.2, 0.25) is 0 Å². The van der Waals surface area contributed by atoms with Crippen molar-refractivity contribution in [3.05, 3.63) is 35.9 Å². The van der Waals surface area contributed by atoms with E-state index < -0.39 is 0 Å². The van der Waals surface area contributed by atoms with Crippen molar-refractivity contribution in [1.29, 1.82) is 0 Å². The number of hydrogen-bond donors (Lipinski definition) is 1. The Morgan fingerprint density at radius 1 is 1.38 bits per heavy atom. The highest BCUT2D eigenvalue weighted by Gasteiger charge is 2.02. The first kappa shape index (κ1) is 10.3. The van der Waals surface area contributed by atoms with Crippen molar-refractivity contribution in [2.24, 2.45) is 5.10 Å². The van der Waals surface area contributed by atoms with Crippen LogP contribution in [0.1, 0.15) is 18.4 Å². The number of anilines is 1. The summed E-state index contributed by atoms with van der Waals surface area (Å²) in [5, 5.41) is 14.6. The minimum Gasteiger partial charge on any atom is -0.365 e. The van der Waals surface area contributed by atoms with E-state index in [1.807, 2.05) is 37.3 Å². The Morgan fingerprint density at radius 2 is 2.12 bits per heavy atom. The van der Waals surface area contributed by atoms with Crippen LogP contribution in [0.4, 0.5) is 5.95 Å². The van der Waals surface area contributed by atoms with Gasteiger partial charge in [-0.25, -0.2) is 0 Å². The van der Waals surface area contributed by atoms with Crippen LogP contribution < -0.4 is 5.73 Å². The molecule has 2 rings (SSSR count). The number of benzene rings is 1. The van der Waals surface area contributed by atoms with Gasteiger partial charge >= 0.3 is 0 Å². The van der Waals surface area contributed by atoms with Gasteiger partial charge in [-0.05, 0) is 16.0 Å². The molecule has 1 aromatic heterocycles. The second kappa shape index (κ2) is 4.52. The Hall–Kier alpha value is -2.24. The van der Waals surface area contributed by atoms with Gasteiger partial charge in [0.05, 0.1) is 0 Å². The van der Waals surface area contributed by atoms with Crippen molar-refractivity contribution >= 4 is 12.2 Å². The second-order valence-electron chi connectivity index (χ2n) is 3.39. The van der Waals surface area contributed by atoms with E-state index in [1.54, 1.807) is 6.21 Å². The smallest absolute Gasteiger partial charge is 0.263 e. The quantitative estimate of drug-likeness (QED) is 0.772. The third kappa shape index (κ3) is 2.22. The fourth-order valence-electron chi connectivity index (χ4n) is 1.28. The number of aromatic nitrogens is 4. The van der Waals surface area contributed by atoms with Gasteiger partial charge in [0, 0.05) is 12.1 Å². The molecule has 0 aliphatic carbocycles. The zero-order chi connectivity index (χ0) is 11.4. The molecule has 0 aliphatic rings. The van der Waals surface area contributed by atoms with Gasteiger partial charge in [0.25, 0.3) is 5.95 Å². The molecule has 6 nitrogen and oxygen atoms in total. The normalized spacial score (nSPS) is 13.1. The summed E-state index contributed by atoms with van der Waals surface area (Å²) in [5.74, 6) is 0.362. The molecule has 0 saturated carbocycles. The van der Waals surface area contributed by atoms with Gasteiger partial charge in [-0.3, -0.25) is 0 Å². The van der Waals surface area contributed by atoms with Crippen LogP contribution in [0, 0.1) is 0 Å². The summed E-state index contributed by atoms with van der Waals surface area (Å²) in [6.45, 7) is 2.04. The first-order valence-corrected chi connectivity index (χ1v) is 4.90. The predicted molar refractivity (Wildman–Crippen MR) is 61.0 cm³/mol. The zero-order valence-electron chi connectivity index (χ0n) is 8.85. The lowest BCUT2D eigenvalue weighted by molar-refractivity contribution is 0.695. The van der Waals surface area contributed by atoms with Gasteiger partial charge in [0.1, 0.15) is 0 Å². The van der Waals surface area contributed by atoms with Crippen LogP contribution in [0.3, 0.4) is 0 Å². The van der Waals surface area contributed by atoms with E-state index in [0.29, 0.717) is 0 Å². The van der Waals surface area contributed by atoms with Gasteiger partial charge in [-0.2, -0.15) is 5.10 Å². The highest BCUT2D eigenvalue weighted by Crippen LogP contribution is 2.11. The number of tetrazole rings is 1. The average Bonchev–Trinajstić information content (AvgIpc) is 2.73. The summed E-state index contributed by atoms with van der Waals surface area (Å²) in [6.07, 6.45) is 1.75. The third-order valence-electron chi connectivity index (χ3n) is 2.20. The molecule has 0 fully saturated rings. The second-order valence-corrected chi connectivity index (χ2v) is 3.39. The zero-order valence-corrected chi connectivity index (χ0v) is 8.85. The molecule has 1 heterocycles. The summed E-state index contributed by atoms with van der Waals surface area (Å²) in [5.41, 5.74) is 6.66. The Bertz CT molecular complexity index is 475. The Kier molecular flexibility index (Phi) is 2.90.